The fourth-order valence-electron chi connectivity index (χ4n) is 3.24. The van der Waals surface area contributed by atoms with E-state index in [1.807, 2.05) is 6.07 Å². The number of likely N-dealkylation sites (tertiary alicyclic amines) is 1. The summed E-state index contributed by atoms with van der Waals surface area (Å²) in [7, 11) is 0. The molecule has 1 aliphatic heterocycles. The fourth-order valence-corrected chi connectivity index (χ4v) is 3.47. The number of piperidine rings is 1. The Morgan fingerprint density at radius 2 is 1.95 bits per heavy atom. The largest absolute Gasteiger partial charge is 0.301 e. The Morgan fingerprint density at radius 3 is 2.60 bits per heavy atom. The average Bonchev–Trinajstić information content (AvgIpc) is 2.78. The van der Waals surface area contributed by atoms with Gasteiger partial charge in [0.1, 0.15) is 5.82 Å². The third-order valence-corrected chi connectivity index (χ3v) is 4.74. The maximum atomic E-state index is 6.31. The summed E-state index contributed by atoms with van der Waals surface area (Å²) in [5, 5.41) is 0.634. The van der Waals surface area contributed by atoms with Crippen LogP contribution in [0.5, 0.6) is 0 Å². The number of fused-ring (bicyclic) bond motifs is 1. The van der Waals surface area contributed by atoms with Gasteiger partial charge in [-0.3, -0.25) is 4.40 Å². The van der Waals surface area contributed by atoms with Crippen molar-refractivity contribution in [2.45, 2.75) is 45.6 Å². The molecule has 3 nitrogen and oxygen atoms in total. The third-order valence-electron chi connectivity index (χ3n) is 4.46. The van der Waals surface area contributed by atoms with Crippen molar-refractivity contribution in [2.75, 3.05) is 13.1 Å². The van der Waals surface area contributed by atoms with Gasteiger partial charge in [0.05, 0.1) is 5.52 Å². The summed E-state index contributed by atoms with van der Waals surface area (Å²) in [6.07, 6.45) is 2.34. The number of aryl methyl sites for hydroxylation is 1. The minimum atomic E-state index is 0.520. The molecule has 108 valence electrons. The highest BCUT2D eigenvalue weighted by Crippen LogP contribution is 2.31. The average molecular weight is 292 g/mol. The molecule has 0 saturated carbocycles. The van der Waals surface area contributed by atoms with E-state index in [0.717, 1.165) is 24.4 Å². The molecule has 0 aliphatic carbocycles. The first-order valence-electron chi connectivity index (χ1n) is 7.45. The van der Waals surface area contributed by atoms with Crippen LogP contribution in [0.2, 0.25) is 5.15 Å². The van der Waals surface area contributed by atoms with E-state index in [2.05, 4.69) is 47.2 Å². The van der Waals surface area contributed by atoms with E-state index < -0.39 is 0 Å². The summed E-state index contributed by atoms with van der Waals surface area (Å²) >= 11 is 6.31. The van der Waals surface area contributed by atoms with Gasteiger partial charge in [-0.1, -0.05) is 17.7 Å². The molecule has 0 aromatic carbocycles. The van der Waals surface area contributed by atoms with E-state index in [9.17, 15) is 0 Å². The number of hydrogen-bond acceptors (Lipinski definition) is 2. The van der Waals surface area contributed by atoms with Gasteiger partial charge >= 0.3 is 0 Å². The summed E-state index contributed by atoms with van der Waals surface area (Å²) in [6.45, 7) is 8.97. The SMILES string of the molecule is Cc1cccc2c(Cl)nc(C3CCN(C(C)C)CC3)n12. The van der Waals surface area contributed by atoms with E-state index in [4.69, 9.17) is 11.6 Å². The van der Waals surface area contributed by atoms with Crippen molar-refractivity contribution in [1.29, 1.82) is 0 Å². The predicted molar refractivity (Wildman–Crippen MR) is 83.6 cm³/mol. The second-order valence-corrected chi connectivity index (χ2v) is 6.41. The van der Waals surface area contributed by atoms with Crippen LogP contribution in [0.3, 0.4) is 0 Å². The quantitative estimate of drug-likeness (QED) is 0.837. The standard InChI is InChI=1S/C16H22ClN3/c1-11(2)19-9-7-13(8-10-19)16-18-15(17)14-6-4-5-12(3)20(14)16/h4-6,11,13H,7-10H2,1-3H3. The Morgan fingerprint density at radius 1 is 1.25 bits per heavy atom. The number of aromatic nitrogens is 2. The third kappa shape index (κ3) is 2.33. The minimum Gasteiger partial charge on any atom is -0.301 e. The van der Waals surface area contributed by atoms with Crippen LogP contribution in [0.25, 0.3) is 5.52 Å². The molecule has 0 bridgehead atoms. The van der Waals surface area contributed by atoms with Crippen LogP contribution in [-0.2, 0) is 0 Å². The summed E-state index contributed by atoms with van der Waals surface area (Å²) in [6, 6.07) is 6.86. The first-order valence-corrected chi connectivity index (χ1v) is 7.83. The fraction of sp³-hybridized carbons (Fsp3) is 0.562. The lowest BCUT2D eigenvalue weighted by atomic mass is 9.95. The van der Waals surface area contributed by atoms with Crippen molar-refractivity contribution in [3.63, 3.8) is 0 Å². The number of hydrogen-bond donors (Lipinski definition) is 0. The lowest BCUT2D eigenvalue weighted by Gasteiger charge is -2.34. The van der Waals surface area contributed by atoms with Gasteiger partial charge in [0.2, 0.25) is 0 Å². The molecular weight excluding hydrogens is 270 g/mol. The topological polar surface area (TPSA) is 20.5 Å². The molecule has 1 aliphatic rings. The second-order valence-electron chi connectivity index (χ2n) is 6.05. The van der Waals surface area contributed by atoms with Gasteiger partial charge < -0.3 is 4.90 Å². The minimum absolute atomic E-state index is 0.520. The number of rotatable bonds is 2. The molecule has 3 heterocycles. The normalized spacial score (nSPS) is 18.2. The summed E-state index contributed by atoms with van der Waals surface area (Å²) < 4.78 is 2.23. The van der Waals surface area contributed by atoms with E-state index in [1.54, 1.807) is 0 Å². The van der Waals surface area contributed by atoms with E-state index in [1.165, 1.54) is 18.5 Å². The first-order chi connectivity index (χ1) is 9.58. The van der Waals surface area contributed by atoms with Crippen LogP contribution in [0, 0.1) is 6.92 Å². The zero-order valence-electron chi connectivity index (χ0n) is 12.4. The molecule has 0 N–H and O–H groups in total. The molecule has 0 amide bonds. The Bertz CT molecular complexity index is 609. The van der Waals surface area contributed by atoms with Crippen molar-refractivity contribution in [3.05, 3.63) is 34.9 Å². The molecule has 20 heavy (non-hydrogen) atoms. The van der Waals surface area contributed by atoms with Gasteiger partial charge in [-0.25, -0.2) is 4.98 Å². The Kier molecular flexibility index (Phi) is 3.74. The number of imidazole rings is 1. The van der Waals surface area contributed by atoms with Crippen LogP contribution in [0.15, 0.2) is 18.2 Å². The molecule has 1 saturated heterocycles. The predicted octanol–water partition coefficient (Wildman–Crippen LogP) is 3.88. The molecule has 4 heteroatoms. The maximum absolute atomic E-state index is 6.31. The zero-order chi connectivity index (χ0) is 14.3. The molecule has 0 spiro atoms. The van der Waals surface area contributed by atoms with E-state index in [-0.39, 0.29) is 0 Å². The lowest BCUT2D eigenvalue weighted by Crippen LogP contribution is -2.38. The lowest BCUT2D eigenvalue weighted by molar-refractivity contribution is 0.169. The van der Waals surface area contributed by atoms with Crippen molar-refractivity contribution in [1.82, 2.24) is 14.3 Å². The van der Waals surface area contributed by atoms with Crippen LogP contribution in [-0.4, -0.2) is 33.4 Å². The van der Waals surface area contributed by atoms with Gasteiger partial charge in [-0.2, -0.15) is 0 Å². The number of halogens is 1. The van der Waals surface area contributed by atoms with Gasteiger partial charge in [0, 0.05) is 17.7 Å². The van der Waals surface area contributed by atoms with Gasteiger partial charge in [0.25, 0.3) is 0 Å². The molecular formula is C16H22ClN3. The van der Waals surface area contributed by atoms with E-state index >= 15 is 0 Å². The molecule has 0 radical (unpaired) electrons. The van der Waals surface area contributed by atoms with Crippen LogP contribution < -0.4 is 0 Å². The van der Waals surface area contributed by atoms with Crippen LogP contribution in [0.1, 0.15) is 44.1 Å². The molecule has 3 rings (SSSR count). The maximum Gasteiger partial charge on any atom is 0.155 e. The van der Waals surface area contributed by atoms with E-state index in [0.29, 0.717) is 17.1 Å². The number of nitrogens with zero attached hydrogens (tertiary/aromatic N) is 3. The van der Waals surface area contributed by atoms with Crippen molar-refractivity contribution < 1.29 is 0 Å². The van der Waals surface area contributed by atoms with Gasteiger partial charge in [-0.05, 0) is 58.8 Å². The summed E-state index contributed by atoms with van der Waals surface area (Å²) in [4.78, 5) is 7.20. The van der Waals surface area contributed by atoms with Crippen LogP contribution >= 0.6 is 11.6 Å². The smallest absolute Gasteiger partial charge is 0.155 e. The molecule has 0 atom stereocenters. The van der Waals surface area contributed by atoms with Gasteiger partial charge in [-0.15, -0.1) is 0 Å². The monoisotopic (exact) mass is 291 g/mol. The van der Waals surface area contributed by atoms with Crippen LogP contribution in [0.4, 0.5) is 0 Å². The molecule has 1 fully saturated rings. The zero-order valence-corrected chi connectivity index (χ0v) is 13.2. The molecule has 2 aromatic heterocycles. The van der Waals surface area contributed by atoms with Crippen molar-refractivity contribution >= 4 is 17.1 Å². The summed E-state index contributed by atoms with van der Waals surface area (Å²) in [5.41, 5.74) is 2.25. The second kappa shape index (κ2) is 5.38. The van der Waals surface area contributed by atoms with Crippen molar-refractivity contribution in [2.24, 2.45) is 0 Å². The van der Waals surface area contributed by atoms with Crippen molar-refractivity contribution in [3.8, 4) is 0 Å². The summed E-state index contributed by atoms with van der Waals surface area (Å²) in [5.74, 6) is 1.66. The van der Waals surface area contributed by atoms with Gasteiger partial charge in [0.15, 0.2) is 5.15 Å². The molecule has 0 unspecified atom stereocenters. The Hall–Kier alpha value is -1.06. The number of pyridine rings is 1. The highest BCUT2D eigenvalue weighted by molar-refractivity contribution is 6.32. The highest BCUT2D eigenvalue weighted by atomic mass is 35.5. The Balaban J connectivity index is 1.92. The Labute approximate surface area is 125 Å². The highest BCUT2D eigenvalue weighted by Gasteiger charge is 2.26. The molecule has 2 aromatic rings. The first kappa shape index (κ1) is 13.9.